The lowest BCUT2D eigenvalue weighted by Crippen LogP contribution is -2.13. The van der Waals surface area contributed by atoms with Crippen molar-refractivity contribution in [3.05, 3.63) is 77.6 Å². The van der Waals surface area contributed by atoms with E-state index < -0.39 is 0 Å². The van der Waals surface area contributed by atoms with E-state index in [4.69, 9.17) is 0 Å². The first-order valence-corrected chi connectivity index (χ1v) is 8.89. The number of amides is 2. The van der Waals surface area contributed by atoms with Gasteiger partial charge in [0.25, 0.3) is 5.91 Å². The molecule has 6 heteroatoms. The van der Waals surface area contributed by atoms with Gasteiger partial charge < -0.3 is 16.0 Å². The summed E-state index contributed by atoms with van der Waals surface area (Å²) in [6.07, 6.45) is 3.18. The summed E-state index contributed by atoms with van der Waals surface area (Å²) in [5, 5.41) is 8.87. The van der Waals surface area contributed by atoms with Gasteiger partial charge in [0.1, 0.15) is 0 Å². The molecule has 0 aliphatic rings. The normalized spacial score (nSPS) is 10.2. The first-order chi connectivity index (χ1) is 13.4. The van der Waals surface area contributed by atoms with Gasteiger partial charge in [-0.05, 0) is 61.4 Å². The largest absolute Gasteiger partial charge is 0.354 e. The van der Waals surface area contributed by atoms with Crippen molar-refractivity contribution in [3.63, 3.8) is 0 Å². The van der Waals surface area contributed by atoms with E-state index in [2.05, 4.69) is 20.9 Å². The quantitative estimate of drug-likeness (QED) is 0.607. The fourth-order valence-electron chi connectivity index (χ4n) is 2.70. The van der Waals surface area contributed by atoms with Gasteiger partial charge in [0.15, 0.2) is 0 Å². The minimum atomic E-state index is -0.217. The van der Waals surface area contributed by atoms with Crippen molar-refractivity contribution in [2.75, 3.05) is 16.0 Å². The Balaban J connectivity index is 1.72. The molecule has 3 N–H and O–H groups in total. The number of benzene rings is 2. The molecule has 6 nitrogen and oxygen atoms in total. The van der Waals surface area contributed by atoms with E-state index in [1.807, 2.05) is 44.2 Å². The van der Waals surface area contributed by atoms with Crippen molar-refractivity contribution in [2.45, 2.75) is 20.8 Å². The summed E-state index contributed by atoms with van der Waals surface area (Å²) >= 11 is 0. The number of aromatic nitrogens is 1. The summed E-state index contributed by atoms with van der Waals surface area (Å²) in [5.41, 5.74) is 5.57. The highest BCUT2D eigenvalue weighted by atomic mass is 16.2. The second-order valence-corrected chi connectivity index (χ2v) is 6.62. The van der Waals surface area contributed by atoms with Crippen LogP contribution in [0.2, 0.25) is 0 Å². The molecule has 0 fully saturated rings. The molecule has 0 aliphatic heterocycles. The number of aryl methyl sites for hydroxylation is 2. The zero-order valence-corrected chi connectivity index (χ0v) is 16.0. The summed E-state index contributed by atoms with van der Waals surface area (Å²) < 4.78 is 0. The average molecular weight is 374 g/mol. The highest BCUT2D eigenvalue weighted by Gasteiger charge is 2.09. The Morgan fingerprint density at radius 3 is 2.25 bits per heavy atom. The van der Waals surface area contributed by atoms with Crippen LogP contribution in [0.3, 0.4) is 0 Å². The Bertz CT molecular complexity index is 1010. The van der Waals surface area contributed by atoms with Gasteiger partial charge >= 0.3 is 0 Å². The second-order valence-electron chi connectivity index (χ2n) is 6.62. The van der Waals surface area contributed by atoms with E-state index in [0.29, 0.717) is 11.3 Å². The molecule has 0 atom stereocenters. The van der Waals surface area contributed by atoms with Crippen LogP contribution in [0, 0.1) is 13.8 Å². The Morgan fingerprint density at radius 2 is 1.54 bits per heavy atom. The Labute approximate surface area is 164 Å². The summed E-state index contributed by atoms with van der Waals surface area (Å²) in [6, 6.07) is 15.0. The van der Waals surface area contributed by atoms with Crippen LogP contribution < -0.4 is 16.0 Å². The lowest BCUT2D eigenvalue weighted by Gasteiger charge is -2.11. The topological polar surface area (TPSA) is 83.1 Å². The standard InChI is InChI=1S/C22H22N4O2/c1-14-4-5-15(2)21(10-14)26-22(28)17-11-20(13-23-12-17)25-19-8-6-18(7-9-19)24-16(3)27/h4-13,25H,1-3H3,(H,24,27)(H,26,28). The molecule has 2 amide bonds. The van der Waals surface area contributed by atoms with E-state index in [-0.39, 0.29) is 11.8 Å². The number of rotatable bonds is 5. The molecule has 0 bridgehead atoms. The summed E-state index contributed by atoms with van der Waals surface area (Å²) in [4.78, 5) is 27.9. The maximum Gasteiger partial charge on any atom is 0.257 e. The van der Waals surface area contributed by atoms with Crippen LogP contribution in [0.15, 0.2) is 60.9 Å². The van der Waals surface area contributed by atoms with Crippen LogP contribution in [-0.2, 0) is 4.79 Å². The van der Waals surface area contributed by atoms with E-state index >= 15 is 0 Å². The molecule has 0 unspecified atom stereocenters. The first-order valence-electron chi connectivity index (χ1n) is 8.89. The van der Waals surface area contributed by atoms with Crippen LogP contribution in [0.4, 0.5) is 22.7 Å². The van der Waals surface area contributed by atoms with Crippen LogP contribution in [-0.4, -0.2) is 16.8 Å². The maximum absolute atomic E-state index is 12.6. The average Bonchev–Trinajstić information content (AvgIpc) is 2.66. The molecule has 28 heavy (non-hydrogen) atoms. The van der Waals surface area contributed by atoms with Crippen molar-refractivity contribution < 1.29 is 9.59 Å². The van der Waals surface area contributed by atoms with Crippen molar-refractivity contribution >= 4 is 34.6 Å². The number of carbonyl (C=O) groups excluding carboxylic acids is 2. The number of nitrogens with one attached hydrogen (secondary N) is 3. The van der Waals surface area contributed by atoms with E-state index in [9.17, 15) is 9.59 Å². The van der Waals surface area contributed by atoms with Crippen LogP contribution >= 0.6 is 0 Å². The van der Waals surface area contributed by atoms with Gasteiger partial charge in [0.05, 0.1) is 17.4 Å². The predicted molar refractivity (Wildman–Crippen MR) is 112 cm³/mol. The highest BCUT2D eigenvalue weighted by molar-refractivity contribution is 6.05. The molecule has 142 valence electrons. The highest BCUT2D eigenvalue weighted by Crippen LogP contribution is 2.21. The molecule has 0 spiro atoms. The molecule has 2 aromatic carbocycles. The fourth-order valence-corrected chi connectivity index (χ4v) is 2.70. The van der Waals surface area contributed by atoms with Gasteiger partial charge in [-0.2, -0.15) is 0 Å². The Morgan fingerprint density at radius 1 is 0.821 bits per heavy atom. The summed E-state index contributed by atoms with van der Waals surface area (Å²) in [6.45, 7) is 5.40. The lowest BCUT2D eigenvalue weighted by molar-refractivity contribution is -0.114. The number of anilines is 4. The number of pyridine rings is 1. The van der Waals surface area contributed by atoms with E-state index in [1.54, 1.807) is 24.4 Å². The van der Waals surface area contributed by atoms with Crippen molar-refractivity contribution in [1.29, 1.82) is 0 Å². The molecular weight excluding hydrogens is 352 g/mol. The molecule has 0 aliphatic carbocycles. The van der Waals surface area contributed by atoms with E-state index in [1.165, 1.54) is 13.1 Å². The molecular formula is C22H22N4O2. The third-order valence-corrected chi connectivity index (χ3v) is 4.14. The van der Waals surface area contributed by atoms with Gasteiger partial charge in [-0.3, -0.25) is 14.6 Å². The minimum Gasteiger partial charge on any atom is -0.354 e. The second kappa shape index (κ2) is 8.35. The van der Waals surface area contributed by atoms with Crippen LogP contribution in [0.25, 0.3) is 0 Å². The van der Waals surface area contributed by atoms with Gasteiger partial charge in [-0.15, -0.1) is 0 Å². The molecule has 0 saturated heterocycles. The Hall–Kier alpha value is -3.67. The third kappa shape index (κ3) is 4.94. The summed E-state index contributed by atoms with van der Waals surface area (Å²) in [7, 11) is 0. The molecule has 3 rings (SSSR count). The number of hydrogen-bond donors (Lipinski definition) is 3. The zero-order valence-electron chi connectivity index (χ0n) is 16.0. The van der Waals surface area contributed by atoms with Crippen LogP contribution in [0.1, 0.15) is 28.4 Å². The van der Waals surface area contributed by atoms with Gasteiger partial charge in [-0.25, -0.2) is 0 Å². The van der Waals surface area contributed by atoms with Crippen molar-refractivity contribution in [3.8, 4) is 0 Å². The van der Waals surface area contributed by atoms with Gasteiger partial charge in [0.2, 0.25) is 5.91 Å². The number of carbonyl (C=O) groups is 2. The SMILES string of the molecule is CC(=O)Nc1ccc(Nc2cncc(C(=O)Nc3cc(C)ccc3C)c2)cc1. The van der Waals surface area contributed by atoms with Crippen molar-refractivity contribution in [2.24, 2.45) is 0 Å². The third-order valence-electron chi connectivity index (χ3n) is 4.14. The summed E-state index contributed by atoms with van der Waals surface area (Å²) in [5.74, 6) is -0.335. The van der Waals surface area contributed by atoms with E-state index in [0.717, 1.165) is 28.2 Å². The maximum atomic E-state index is 12.6. The fraction of sp³-hybridized carbons (Fsp3) is 0.136. The zero-order chi connectivity index (χ0) is 20.1. The smallest absolute Gasteiger partial charge is 0.257 e. The molecule has 1 heterocycles. The molecule has 0 saturated carbocycles. The Kier molecular flexibility index (Phi) is 5.69. The predicted octanol–water partition coefficient (Wildman–Crippen LogP) is 4.65. The van der Waals surface area contributed by atoms with Gasteiger partial charge in [0, 0.05) is 30.2 Å². The number of nitrogens with zero attached hydrogens (tertiary/aromatic N) is 1. The van der Waals surface area contributed by atoms with Crippen LogP contribution in [0.5, 0.6) is 0 Å². The molecule has 1 aromatic heterocycles. The molecule has 3 aromatic rings. The molecule has 0 radical (unpaired) electrons. The number of hydrogen-bond acceptors (Lipinski definition) is 4. The minimum absolute atomic E-state index is 0.118. The first kappa shape index (κ1) is 19.1. The monoisotopic (exact) mass is 374 g/mol. The van der Waals surface area contributed by atoms with Crippen molar-refractivity contribution in [1.82, 2.24) is 4.98 Å². The lowest BCUT2D eigenvalue weighted by atomic mass is 10.1. The van der Waals surface area contributed by atoms with Gasteiger partial charge in [-0.1, -0.05) is 12.1 Å².